The van der Waals surface area contributed by atoms with Crippen molar-refractivity contribution >= 4 is 28.5 Å². The van der Waals surface area contributed by atoms with Gasteiger partial charge in [-0.05, 0) is 19.8 Å². The van der Waals surface area contributed by atoms with Gasteiger partial charge in [-0.25, -0.2) is 19.7 Å². The molecular formula is C21H22N8O2. The van der Waals surface area contributed by atoms with Gasteiger partial charge in [-0.1, -0.05) is 0 Å². The van der Waals surface area contributed by atoms with Crippen LogP contribution in [0.3, 0.4) is 0 Å². The third-order valence-electron chi connectivity index (χ3n) is 5.43. The van der Waals surface area contributed by atoms with E-state index in [2.05, 4.69) is 20.4 Å². The summed E-state index contributed by atoms with van der Waals surface area (Å²) in [5.74, 6) is 0.0692. The Labute approximate surface area is 178 Å². The molecule has 1 N–H and O–H groups in total. The summed E-state index contributed by atoms with van der Waals surface area (Å²) in [4.78, 5) is 31.2. The fourth-order valence-electron chi connectivity index (χ4n) is 3.68. The maximum absolute atomic E-state index is 12.6. The lowest BCUT2D eigenvalue weighted by atomic mass is 10.1. The third kappa shape index (κ3) is 3.29. The Kier molecular flexibility index (Phi) is 4.42. The molecule has 1 saturated carbocycles. The van der Waals surface area contributed by atoms with E-state index in [0.29, 0.717) is 11.5 Å². The number of methoxy groups -OCH3 is 1. The van der Waals surface area contributed by atoms with Gasteiger partial charge in [0.2, 0.25) is 0 Å². The molecule has 0 radical (unpaired) electrons. The van der Waals surface area contributed by atoms with Crippen molar-refractivity contribution in [2.24, 2.45) is 14.1 Å². The Morgan fingerprint density at radius 3 is 2.71 bits per heavy atom. The number of esters is 1. The van der Waals surface area contributed by atoms with Gasteiger partial charge < -0.3 is 14.6 Å². The molecule has 158 valence electrons. The average molecular weight is 418 g/mol. The molecule has 4 aromatic rings. The van der Waals surface area contributed by atoms with Gasteiger partial charge in [0.15, 0.2) is 11.5 Å². The number of pyridine rings is 1. The first kappa shape index (κ1) is 19.2. The van der Waals surface area contributed by atoms with Gasteiger partial charge in [0, 0.05) is 38.0 Å². The van der Waals surface area contributed by atoms with E-state index in [1.807, 2.05) is 31.8 Å². The van der Waals surface area contributed by atoms with Crippen LogP contribution >= 0.6 is 0 Å². The first-order valence-corrected chi connectivity index (χ1v) is 9.99. The Balaban J connectivity index is 1.72. The first-order chi connectivity index (χ1) is 15.0. The Hall–Kier alpha value is -3.82. The molecule has 0 unspecified atom stereocenters. The standard InChI is InChI=1S/C21H22N8O2/c1-11-14(9-29(3)27-11)24-20-19(21(30)31-4)25-18(16(26-20)12-5-6-12)13-7-22-8-15-17(13)23-10-28(15)2/h7-10,12H,5-6H2,1-4H3,(H,24,26). The molecule has 0 aromatic carbocycles. The van der Waals surface area contributed by atoms with Crippen molar-refractivity contribution in [3.63, 3.8) is 0 Å². The number of nitrogens with one attached hydrogen (secondary N) is 1. The number of rotatable bonds is 5. The number of aromatic nitrogens is 7. The number of carbonyl (C=O) groups is 1. The lowest BCUT2D eigenvalue weighted by Crippen LogP contribution is -2.13. The second-order valence-electron chi connectivity index (χ2n) is 7.76. The molecular weight excluding hydrogens is 396 g/mol. The number of nitrogens with zero attached hydrogens (tertiary/aromatic N) is 7. The number of imidazole rings is 1. The van der Waals surface area contributed by atoms with Crippen LogP contribution in [0.25, 0.3) is 22.3 Å². The maximum Gasteiger partial charge on any atom is 0.360 e. The van der Waals surface area contributed by atoms with Crippen molar-refractivity contribution in [3.05, 3.63) is 42.0 Å². The molecule has 0 amide bonds. The van der Waals surface area contributed by atoms with Crippen LogP contribution in [-0.4, -0.2) is 47.4 Å². The molecule has 1 aliphatic carbocycles. The van der Waals surface area contributed by atoms with E-state index in [0.717, 1.165) is 46.5 Å². The van der Waals surface area contributed by atoms with Crippen LogP contribution in [0.15, 0.2) is 24.9 Å². The Morgan fingerprint density at radius 1 is 1.23 bits per heavy atom. The number of aryl methyl sites for hydroxylation is 3. The summed E-state index contributed by atoms with van der Waals surface area (Å²) in [5, 5.41) is 7.57. The van der Waals surface area contributed by atoms with Crippen LogP contribution in [0.2, 0.25) is 0 Å². The lowest BCUT2D eigenvalue weighted by Gasteiger charge is -2.14. The maximum atomic E-state index is 12.6. The van der Waals surface area contributed by atoms with E-state index < -0.39 is 5.97 Å². The molecule has 1 aliphatic rings. The summed E-state index contributed by atoms with van der Waals surface area (Å²) in [5.41, 5.74) is 5.51. The number of hydrogen-bond donors (Lipinski definition) is 1. The molecule has 1 fully saturated rings. The van der Waals surface area contributed by atoms with Crippen LogP contribution in [-0.2, 0) is 18.8 Å². The largest absolute Gasteiger partial charge is 0.464 e. The van der Waals surface area contributed by atoms with Crippen LogP contribution in [0.1, 0.15) is 40.6 Å². The molecule has 4 heterocycles. The summed E-state index contributed by atoms with van der Waals surface area (Å²) in [6, 6.07) is 0. The van der Waals surface area contributed by atoms with Crippen molar-refractivity contribution in [3.8, 4) is 11.3 Å². The number of anilines is 2. The van der Waals surface area contributed by atoms with E-state index in [4.69, 9.17) is 14.7 Å². The monoisotopic (exact) mass is 418 g/mol. The van der Waals surface area contributed by atoms with Gasteiger partial charge in [0.25, 0.3) is 0 Å². The molecule has 4 aromatic heterocycles. The zero-order valence-electron chi connectivity index (χ0n) is 17.7. The summed E-state index contributed by atoms with van der Waals surface area (Å²) >= 11 is 0. The zero-order chi connectivity index (χ0) is 21.7. The number of hydrogen-bond acceptors (Lipinski definition) is 8. The minimum atomic E-state index is -0.568. The molecule has 0 saturated heterocycles. The highest BCUT2D eigenvalue weighted by Crippen LogP contribution is 2.44. The SMILES string of the molecule is COC(=O)c1nc(-c2cncc3c2ncn3C)c(C2CC2)nc1Nc1cn(C)nc1C. The predicted molar refractivity (Wildman–Crippen MR) is 114 cm³/mol. The Morgan fingerprint density at radius 2 is 2.03 bits per heavy atom. The quantitative estimate of drug-likeness (QED) is 0.492. The molecule has 5 rings (SSSR count). The molecule has 10 nitrogen and oxygen atoms in total. The first-order valence-electron chi connectivity index (χ1n) is 9.99. The van der Waals surface area contributed by atoms with Crippen molar-refractivity contribution in [1.29, 1.82) is 0 Å². The van der Waals surface area contributed by atoms with E-state index in [9.17, 15) is 4.79 Å². The molecule has 0 spiro atoms. The molecule has 31 heavy (non-hydrogen) atoms. The van der Waals surface area contributed by atoms with E-state index >= 15 is 0 Å². The van der Waals surface area contributed by atoms with Gasteiger partial charge in [-0.2, -0.15) is 5.10 Å². The normalized spacial score (nSPS) is 13.5. The summed E-state index contributed by atoms with van der Waals surface area (Å²) in [7, 11) is 5.08. The highest BCUT2D eigenvalue weighted by atomic mass is 16.5. The summed E-state index contributed by atoms with van der Waals surface area (Å²) < 4.78 is 8.61. The molecule has 0 aliphatic heterocycles. The van der Waals surface area contributed by atoms with E-state index in [1.165, 1.54) is 7.11 Å². The minimum Gasteiger partial charge on any atom is -0.464 e. The third-order valence-corrected chi connectivity index (χ3v) is 5.43. The highest BCUT2D eigenvalue weighted by molar-refractivity contribution is 5.96. The Bertz CT molecular complexity index is 1320. The molecule has 0 bridgehead atoms. The minimum absolute atomic E-state index is 0.109. The zero-order valence-corrected chi connectivity index (χ0v) is 17.7. The van der Waals surface area contributed by atoms with Crippen LogP contribution in [0, 0.1) is 6.92 Å². The fraction of sp³-hybridized carbons (Fsp3) is 0.333. The smallest absolute Gasteiger partial charge is 0.360 e. The summed E-state index contributed by atoms with van der Waals surface area (Å²) in [6.45, 7) is 1.89. The molecule has 10 heteroatoms. The summed E-state index contributed by atoms with van der Waals surface area (Å²) in [6.07, 6.45) is 9.11. The van der Waals surface area contributed by atoms with Crippen LogP contribution < -0.4 is 5.32 Å². The van der Waals surface area contributed by atoms with E-state index in [1.54, 1.807) is 23.4 Å². The van der Waals surface area contributed by atoms with Gasteiger partial charge in [0.1, 0.15) is 5.52 Å². The lowest BCUT2D eigenvalue weighted by molar-refractivity contribution is 0.0595. The topological polar surface area (TPSA) is 113 Å². The number of carbonyl (C=O) groups excluding carboxylic acids is 1. The van der Waals surface area contributed by atoms with Gasteiger partial charge in [-0.15, -0.1) is 0 Å². The van der Waals surface area contributed by atoms with Crippen molar-refractivity contribution < 1.29 is 9.53 Å². The predicted octanol–water partition coefficient (Wildman–Crippen LogP) is 2.87. The molecule has 0 atom stereocenters. The van der Waals surface area contributed by atoms with Crippen molar-refractivity contribution in [2.75, 3.05) is 12.4 Å². The van der Waals surface area contributed by atoms with E-state index in [-0.39, 0.29) is 11.6 Å². The van der Waals surface area contributed by atoms with Gasteiger partial charge in [0.05, 0.1) is 47.9 Å². The second kappa shape index (κ2) is 7.15. The number of fused-ring (bicyclic) bond motifs is 1. The second-order valence-corrected chi connectivity index (χ2v) is 7.76. The van der Waals surface area contributed by atoms with Crippen molar-refractivity contribution in [1.82, 2.24) is 34.3 Å². The van der Waals surface area contributed by atoms with Gasteiger partial charge in [-0.3, -0.25) is 9.67 Å². The van der Waals surface area contributed by atoms with Gasteiger partial charge >= 0.3 is 5.97 Å². The highest BCUT2D eigenvalue weighted by Gasteiger charge is 2.32. The fourth-order valence-corrected chi connectivity index (χ4v) is 3.68. The average Bonchev–Trinajstić information content (AvgIpc) is 3.47. The van der Waals surface area contributed by atoms with Crippen LogP contribution in [0.4, 0.5) is 11.5 Å². The van der Waals surface area contributed by atoms with Crippen molar-refractivity contribution in [2.45, 2.75) is 25.7 Å². The number of ether oxygens (including phenoxy) is 1. The van der Waals surface area contributed by atoms with Crippen LogP contribution in [0.5, 0.6) is 0 Å².